The second-order valence-electron chi connectivity index (χ2n) is 9.02. The molecule has 196 valence electrons. The summed E-state index contributed by atoms with van der Waals surface area (Å²) < 4.78 is 34.9. The van der Waals surface area contributed by atoms with Gasteiger partial charge in [0.15, 0.2) is 11.6 Å². The number of carbonyl (C=O) groups is 1. The lowest BCUT2D eigenvalue weighted by molar-refractivity contribution is -0.155. The summed E-state index contributed by atoms with van der Waals surface area (Å²) >= 11 is 0. The van der Waals surface area contributed by atoms with Crippen molar-refractivity contribution >= 4 is 5.97 Å². The van der Waals surface area contributed by atoms with Crippen molar-refractivity contribution in [3.05, 3.63) is 71.5 Å². The van der Waals surface area contributed by atoms with Gasteiger partial charge in [-0.05, 0) is 86.4 Å². The second-order valence-corrected chi connectivity index (χ2v) is 9.02. The van der Waals surface area contributed by atoms with Gasteiger partial charge in [-0.3, -0.25) is 0 Å². The molecule has 0 aromatic heterocycles. The smallest absolute Gasteiger partial charge is 0.334 e. The summed E-state index contributed by atoms with van der Waals surface area (Å²) in [6, 6.07) is 3.80. The molecule has 1 aliphatic rings. The average Bonchev–Trinajstić information content (AvgIpc) is 2.70. The molecule has 0 spiro atoms. The van der Waals surface area contributed by atoms with Crippen LogP contribution in [0.5, 0.6) is 0 Å². The predicted molar refractivity (Wildman–Crippen MR) is 142 cm³/mol. The number of aryl methyl sites for hydroxylation is 1. The highest BCUT2D eigenvalue weighted by Gasteiger charge is 2.33. The number of hydrogen-bond acceptors (Lipinski definition) is 3. The zero-order chi connectivity index (χ0) is 27.7. The summed E-state index contributed by atoms with van der Waals surface area (Å²) in [5.41, 5.74) is 2.33. The lowest BCUT2D eigenvalue weighted by atomic mass is 9.89. The third-order valence-electron chi connectivity index (χ3n) is 4.23. The lowest BCUT2D eigenvalue weighted by Gasteiger charge is -2.33. The molecule has 0 N–H and O–H groups in total. The minimum atomic E-state index is -0.791. The van der Waals surface area contributed by atoms with Gasteiger partial charge in [0, 0.05) is 12.0 Å². The number of hydrogen-bond donors (Lipinski definition) is 0. The molecular formula is C29H48F2O3. The first-order valence-electron chi connectivity index (χ1n) is 11.7. The Morgan fingerprint density at radius 3 is 1.91 bits per heavy atom. The van der Waals surface area contributed by atoms with E-state index in [4.69, 9.17) is 9.47 Å². The number of allylic oxidation sites excluding steroid dienone is 2. The third-order valence-corrected chi connectivity index (χ3v) is 4.23. The Bertz CT molecular complexity index is 789. The highest BCUT2D eigenvalue weighted by atomic mass is 19.2. The van der Waals surface area contributed by atoms with E-state index < -0.39 is 11.6 Å². The number of benzene rings is 1. The van der Waals surface area contributed by atoms with Gasteiger partial charge in [0.25, 0.3) is 0 Å². The highest BCUT2D eigenvalue weighted by Crippen LogP contribution is 2.31. The minimum absolute atomic E-state index is 0.0775. The average molecular weight is 483 g/mol. The van der Waals surface area contributed by atoms with E-state index in [9.17, 15) is 13.6 Å². The van der Waals surface area contributed by atoms with Crippen LogP contribution in [-0.4, -0.2) is 17.2 Å². The van der Waals surface area contributed by atoms with E-state index in [1.54, 1.807) is 13.0 Å². The van der Waals surface area contributed by atoms with E-state index in [0.29, 0.717) is 0 Å². The number of esters is 1. The van der Waals surface area contributed by atoms with Crippen LogP contribution in [0.25, 0.3) is 0 Å². The van der Waals surface area contributed by atoms with Crippen LogP contribution in [0.15, 0.2) is 54.3 Å². The van der Waals surface area contributed by atoms with Crippen molar-refractivity contribution in [1.82, 2.24) is 0 Å². The fourth-order valence-corrected chi connectivity index (χ4v) is 2.53. The van der Waals surface area contributed by atoms with Crippen LogP contribution in [0.3, 0.4) is 0 Å². The van der Waals surface area contributed by atoms with Crippen molar-refractivity contribution in [2.24, 2.45) is 0 Å². The SMILES string of the molecule is C=C(C)OC(C)(C)C.C=CC.CC.CCC1(C)CC(C)=C(C)C(=O)O1.Cc1ccc(F)c(F)c1. The number of ether oxygens (including phenoxy) is 2. The molecule has 1 aliphatic heterocycles. The molecule has 1 atom stereocenters. The van der Waals surface area contributed by atoms with Gasteiger partial charge in [-0.25, -0.2) is 13.6 Å². The Labute approximate surface area is 207 Å². The molecule has 3 nitrogen and oxygen atoms in total. The first-order valence-corrected chi connectivity index (χ1v) is 11.7. The second kappa shape index (κ2) is 18.0. The van der Waals surface area contributed by atoms with Crippen molar-refractivity contribution in [2.45, 2.75) is 107 Å². The summed E-state index contributed by atoms with van der Waals surface area (Å²) in [4.78, 5) is 11.3. The molecule has 0 aliphatic carbocycles. The third kappa shape index (κ3) is 18.0. The molecule has 0 bridgehead atoms. The molecule has 1 heterocycles. The van der Waals surface area contributed by atoms with Crippen LogP contribution >= 0.6 is 0 Å². The quantitative estimate of drug-likeness (QED) is 0.239. The summed E-state index contributed by atoms with van der Waals surface area (Å²) in [6.07, 6.45) is 3.50. The molecule has 0 fully saturated rings. The summed E-state index contributed by atoms with van der Waals surface area (Å²) in [5, 5.41) is 0. The minimum Gasteiger partial charge on any atom is -0.493 e. The molecule has 1 unspecified atom stereocenters. The Balaban J connectivity index is -0.000000394. The van der Waals surface area contributed by atoms with Crippen LogP contribution in [0.1, 0.15) is 94.6 Å². The van der Waals surface area contributed by atoms with Gasteiger partial charge in [0.1, 0.15) is 11.2 Å². The maximum absolute atomic E-state index is 12.2. The fraction of sp³-hybridized carbons (Fsp3) is 0.552. The van der Waals surface area contributed by atoms with E-state index >= 15 is 0 Å². The van der Waals surface area contributed by atoms with Gasteiger partial charge in [-0.2, -0.15) is 0 Å². The molecule has 1 aromatic carbocycles. The molecule has 0 radical (unpaired) electrons. The molecule has 0 saturated heterocycles. The van der Waals surface area contributed by atoms with Crippen LogP contribution in [0, 0.1) is 18.6 Å². The molecule has 5 heteroatoms. The largest absolute Gasteiger partial charge is 0.493 e. The lowest BCUT2D eigenvalue weighted by Crippen LogP contribution is -2.35. The maximum Gasteiger partial charge on any atom is 0.334 e. The molecule has 2 rings (SSSR count). The van der Waals surface area contributed by atoms with Crippen LogP contribution in [0.4, 0.5) is 8.78 Å². The van der Waals surface area contributed by atoms with Gasteiger partial charge < -0.3 is 9.47 Å². The van der Waals surface area contributed by atoms with Gasteiger partial charge in [-0.1, -0.05) is 45.1 Å². The van der Waals surface area contributed by atoms with Crippen LogP contribution < -0.4 is 0 Å². The van der Waals surface area contributed by atoms with E-state index in [1.807, 2.05) is 76.2 Å². The van der Waals surface area contributed by atoms with Crippen LogP contribution in [-0.2, 0) is 14.3 Å². The summed E-state index contributed by atoms with van der Waals surface area (Å²) in [5.74, 6) is -0.948. The molecular weight excluding hydrogens is 434 g/mol. The highest BCUT2D eigenvalue weighted by molar-refractivity contribution is 5.89. The first kappa shape index (κ1) is 36.1. The molecule has 1 aromatic rings. The van der Waals surface area contributed by atoms with Gasteiger partial charge in [0.2, 0.25) is 0 Å². The van der Waals surface area contributed by atoms with Gasteiger partial charge >= 0.3 is 5.97 Å². The van der Waals surface area contributed by atoms with Crippen molar-refractivity contribution in [1.29, 1.82) is 0 Å². The first-order chi connectivity index (χ1) is 15.5. The maximum atomic E-state index is 12.2. The zero-order valence-corrected chi connectivity index (χ0v) is 23.6. The van der Waals surface area contributed by atoms with Crippen molar-refractivity contribution in [2.75, 3.05) is 0 Å². The number of carbonyl (C=O) groups excluding carboxylic acids is 1. The Morgan fingerprint density at radius 1 is 1.18 bits per heavy atom. The van der Waals surface area contributed by atoms with E-state index in [-0.39, 0.29) is 17.2 Å². The van der Waals surface area contributed by atoms with Crippen molar-refractivity contribution in [3.63, 3.8) is 0 Å². The monoisotopic (exact) mass is 482 g/mol. The molecule has 0 saturated carbocycles. The van der Waals surface area contributed by atoms with Crippen molar-refractivity contribution < 1.29 is 23.0 Å². The number of halogens is 2. The topological polar surface area (TPSA) is 35.5 Å². The van der Waals surface area contributed by atoms with E-state index in [1.165, 1.54) is 6.07 Å². The van der Waals surface area contributed by atoms with Crippen molar-refractivity contribution in [3.8, 4) is 0 Å². The zero-order valence-electron chi connectivity index (χ0n) is 23.6. The van der Waals surface area contributed by atoms with Gasteiger partial charge in [0.05, 0.1) is 5.76 Å². The summed E-state index contributed by atoms with van der Waals surface area (Å²) in [7, 11) is 0. The van der Waals surface area contributed by atoms with Crippen LogP contribution in [0.2, 0.25) is 0 Å². The van der Waals surface area contributed by atoms with Gasteiger partial charge in [-0.15, -0.1) is 6.58 Å². The number of cyclic esters (lactones) is 1. The number of rotatable bonds is 2. The predicted octanol–water partition coefficient (Wildman–Crippen LogP) is 9.27. The fourth-order valence-electron chi connectivity index (χ4n) is 2.53. The summed E-state index contributed by atoms with van der Waals surface area (Å²) in [6.45, 7) is 30.3. The Hall–Kier alpha value is -2.43. The molecule has 0 amide bonds. The Kier molecular flexibility index (Phi) is 19.1. The van der Waals surface area contributed by atoms with E-state index in [0.717, 1.165) is 47.4 Å². The van der Waals surface area contributed by atoms with E-state index in [2.05, 4.69) is 13.2 Å². The Morgan fingerprint density at radius 2 is 1.65 bits per heavy atom. The standard InChI is InChI=1S/C10H16O2.C7H6F2.C7H14O.C3H6.C2H6/c1-5-10(4)6-7(2)8(3)9(11)12-10;1-5-2-3-6(8)7(9)4-5;1-6(2)8-7(3,4)5;1-3-2;1-2/h5-6H2,1-4H3;2-4H,1H3;1H2,2-5H3;3H,1H2,2H3;1-2H3. The normalized spacial score (nSPS) is 16.5. The molecule has 34 heavy (non-hydrogen) atoms.